The number of nitrogens with two attached hydrogens (primary N) is 1. The second-order valence-corrected chi connectivity index (χ2v) is 7.28. The van der Waals surface area contributed by atoms with Crippen molar-refractivity contribution in [2.45, 2.75) is 58.0 Å². The molecule has 5 heteroatoms. The Morgan fingerprint density at radius 1 is 1.17 bits per heavy atom. The number of ether oxygens (including phenoxy) is 1. The van der Waals surface area contributed by atoms with Crippen molar-refractivity contribution < 1.29 is 4.74 Å². The van der Waals surface area contributed by atoms with Crippen LogP contribution >= 0.6 is 0 Å². The van der Waals surface area contributed by atoms with Crippen LogP contribution in [-0.2, 0) is 17.8 Å². The second kappa shape index (κ2) is 7.53. The monoisotopic (exact) mass is 330 g/mol. The van der Waals surface area contributed by atoms with Crippen LogP contribution < -0.4 is 5.73 Å². The van der Waals surface area contributed by atoms with Crippen LogP contribution in [0.15, 0.2) is 29.3 Å². The van der Waals surface area contributed by atoms with E-state index in [0.717, 1.165) is 19.6 Å². The first-order valence-corrected chi connectivity index (χ1v) is 8.99. The van der Waals surface area contributed by atoms with Gasteiger partial charge in [-0.25, -0.2) is 4.99 Å². The lowest BCUT2D eigenvalue weighted by Crippen LogP contribution is -2.44. The molecule has 1 aliphatic heterocycles. The zero-order valence-corrected chi connectivity index (χ0v) is 15.1. The minimum absolute atomic E-state index is 0.314. The van der Waals surface area contributed by atoms with E-state index in [2.05, 4.69) is 52.9 Å². The van der Waals surface area contributed by atoms with Gasteiger partial charge in [0.2, 0.25) is 0 Å². The van der Waals surface area contributed by atoms with Crippen molar-refractivity contribution in [3.8, 4) is 0 Å². The van der Waals surface area contributed by atoms with Gasteiger partial charge in [-0.05, 0) is 37.8 Å². The van der Waals surface area contributed by atoms with Crippen molar-refractivity contribution in [1.29, 1.82) is 0 Å². The first-order valence-electron chi connectivity index (χ1n) is 8.99. The molecule has 0 amide bonds. The first-order chi connectivity index (χ1) is 11.5. The van der Waals surface area contributed by atoms with Crippen molar-refractivity contribution in [2.24, 2.45) is 10.7 Å². The van der Waals surface area contributed by atoms with Crippen molar-refractivity contribution in [2.75, 3.05) is 20.1 Å². The molecule has 1 aromatic rings. The second-order valence-electron chi connectivity index (χ2n) is 7.28. The summed E-state index contributed by atoms with van der Waals surface area (Å²) in [4.78, 5) is 9.07. The quantitative estimate of drug-likeness (QED) is 0.664. The van der Waals surface area contributed by atoms with Gasteiger partial charge in [0.25, 0.3) is 0 Å². The summed E-state index contributed by atoms with van der Waals surface area (Å²) in [6.07, 6.45) is 3.10. The van der Waals surface area contributed by atoms with Crippen molar-refractivity contribution in [1.82, 2.24) is 9.80 Å². The van der Waals surface area contributed by atoms with Crippen LogP contribution in [0.25, 0.3) is 0 Å². The van der Waals surface area contributed by atoms with Crippen LogP contribution in [-0.4, -0.2) is 54.1 Å². The molecule has 5 nitrogen and oxygen atoms in total. The minimum Gasteiger partial charge on any atom is -0.373 e. The van der Waals surface area contributed by atoms with Gasteiger partial charge >= 0.3 is 0 Å². The highest BCUT2D eigenvalue weighted by molar-refractivity contribution is 5.78. The Kier molecular flexibility index (Phi) is 5.41. The number of benzene rings is 1. The normalized spacial score (nSPS) is 25.7. The minimum atomic E-state index is 0.314. The first kappa shape index (κ1) is 17.2. The molecule has 1 aromatic carbocycles. The average molecular weight is 330 g/mol. The van der Waals surface area contributed by atoms with E-state index in [0.29, 0.717) is 30.8 Å². The van der Waals surface area contributed by atoms with Gasteiger partial charge < -0.3 is 15.4 Å². The van der Waals surface area contributed by atoms with Gasteiger partial charge in [0.1, 0.15) is 0 Å². The van der Waals surface area contributed by atoms with Gasteiger partial charge in [0, 0.05) is 32.7 Å². The van der Waals surface area contributed by atoms with Crippen LogP contribution in [0.1, 0.15) is 37.8 Å². The SMILES string of the molecule is CC1CN(Cc2ccc(CN=C(N)N(C)C3CC3)cc2)CC(C)O1. The molecule has 24 heavy (non-hydrogen) atoms. The molecule has 0 aromatic heterocycles. The van der Waals surface area contributed by atoms with E-state index in [4.69, 9.17) is 10.5 Å². The average Bonchev–Trinajstić information content (AvgIpc) is 3.37. The summed E-state index contributed by atoms with van der Waals surface area (Å²) in [5.74, 6) is 0.651. The van der Waals surface area contributed by atoms with Gasteiger partial charge in [-0.3, -0.25) is 4.90 Å². The highest BCUT2D eigenvalue weighted by Gasteiger charge is 2.27. The topological polar surface area (TPSA) is 54.1 Å². The van der Waals surface area contributed by atoms with Gasteiger partial charge in [-0.1, -0.05) is 24.3 Å². The number of hydrogen-bond donors (Lipinski definition) is 1. The van der Waals surface area contributed by atoms with Crippen LogP contribution in [0.4, 0.5) is 0 Å². The molecular weight excluding hydrogens is 300 g/mol. The molecule has 1 saturated carbocycles. The fourth-order valence-electron chi connectivity index (χ4n) is 3.35. The number of nitrogens with zero attached hydrogens (tertiary/aromatic N) is 3. The van der Waals surface area contributed by atoms with Crippen LogP contribution in [0.5, 0.6) is 0 Å². The Hall–Kier alpha value is -1.59. The molecule has 132 valence electrons. The maximum absolute atomic E-state index is 6.04. The molecule has 1 aliphatic carbocycles. The molecule has 0 spiro atoms. The van der Waals surface area contributed by atoms with Gasteiger partial charge in [-0.15, -0.1) is 0 Å². The van der Waals surface area contributed by atoms with E-state index in [1.807, 2.05) is 7.05 Å². The summed E-state index contributed by atoms with van der Waals surface area (Å²) in [5, 5.41) is 0. The van der Waals surface area contributed by atoms with Crippen LogP contribution in [0.3, 0.4) is 0 Å². The Morgan fingerprint density at radius 2 is 1.75 bits per heavy atom. The van der Waals surface area contributed by atoms with E-state index >= 15 is 0 Å². The van der Waals surface area contributed by atoms with Gasteiger partial charge in [0.15, 0.2) is 5.96 Å². The predicted octanol–water partition coefficient (Wildman–Crippen LogP) is 2.20. The van der Waals surface area contributed by atoms with Crippen LogP contribution in [0.2, 0.25) is 0 Å². The Morgan fingerprint density at radius 3 is 2.33 bits per heavy atom. The standard InChI is InChI=1S/C19H30N4O/c1-14-11-23(12-15(2)24-14)13-17-6-4-16(5-7-17)10-21-19(20)22(3)18-8-9-18/h4-7,14-15,18H,8-13H2,1-3H3,(H2,20,21). The summed E-state index contributed by atoms with van der Waals surface area (Å²) in [7, 11) is 2.03. The lowest BCUT2D eigenvalue weighted by atomic mass is 10.1. The van der Waals surface area contributed by atoms with E-state index in [1.54, 1.807) is 0 Å². The van der Waals surface area contributed by atoms with Crippen molar-refractivity contribution in [3.05, 3.63) is 35.4 Å². The molecule has 1 saturated heterocycles. The Labute approximate surface area is 145 Å². The summed E-state index contributed by atoms with van der Waals surface area (Å²) >= 11 is 0. The molecule has 2 N–H and O–H groups in total. The third kappa shape index (κ3) is 4.71. The van der Waals surface area contributed by atoms with E-state index in [1.165, 1.54) is 24.0 Å². The maximum Gasteiger partial charge on any atom is 0.191 e. The molecule has 2 atom stereocenters. The highest BCUT2D eigenvalue weighted by Crippen LogP contribution is 2.25. The number of aliphatic imine (C=N–C) groups is 1. The number of hydrogen-bond acceptors (Lipinski definition) is 3. The lowest BCUT2D eigenvalue weighted by molar-refractivity contribution is -0.0704. The van der Waals surface area contributed by atoms with E-state index in [9.17, 15) is 0 Å². The third-order valence-electron chi connectivity index (χ3n) is 4.80. The fraction of sp³-hybridized carbons (Fsp3) is 0.632. The Bertz CT molecular complexity index is 557. The van der Waals surface area contributed by atoms with Gasteiger partial charge in [-0.2, -0.15) is 0 Å². The lowest BCUT2D eigenvalue weighted by Gasteiger charge is -2.35. The van der Waals surface area contributed by atoms with E-state index in [-0.39, 0.29) is 0 Å². The molecule has 0 bridgehead atoms. The highest BCUT2D eigenvalue weighted by atomic mass is 16.5. The number of morpholine rings is 1. The fourth-order valence-corrected chi connectivity index (χ4v) is 3.35. The van der Waals surface area contributed by atoms with Crippen LogP contribution in [0, 0.1) is 0 Å². The molecule has 1 heterocycles. The molecule has 2 unspecified atom stereocenters. The van der Waals surface area contributed by atoms with Crippen molar-refractivity contribution >= 4 is 5.96 Å². The van der Waals surface area contributed by atoms with Crippen molar-refractivity contribution in [3.63, 3.8) is 0 Å². The zero-order chi connectivity index (χ0) is 17.1. The number of guanidine groups is 1. The number of rotatable bonds is 5. The molecule has 2 fully saturated rings. The third-order valence-corrected chi connectivity index (χ3v) is 4.80. The molecule has 3 rings (SSSR count). The Balaban J connectivity index is 1.52. The summed E-state index contributed by atoms with van der Waals surface area (Å²) < 4.78 is 5.80. The van der Waals surface area contributed by atoms with Gasteiger partial charge in [0.05, 0.1) is 18.8 Å². The molecule has 0 radical (unpaired) electrons. The zero-order valence-electron chi connectivity index (χ0n) is 15.1. The predicted molar refractivity (Wildman–Crippen MR) is 97.8 cm³/mol. The summed E-state index contributed by atoms with van der Waals surface area (Å²) in [5.41, 5.74) is 8.59. The summed E-state index contributed by atoms with van der Waals surface area (Å²) in [6.45, 7) is 7.92. The van der Waals surface area contributed by atoms with E-state index < -0.39 is 0 Å². The maximum atomic E-state index is 6.04. The smallest absolute Gasteiger partial charge is 0.191 e. The summed E-state index contributed by atoms with van der Waals surface area (Å²) in [6, 6.07) is 9.34. The molecular formula is C19H30N4O. The largest absolute Gasteiger partial charge is 0.373 e. The molecule has 2 aliphatic rings.